The van der Waals surface area contributed by atoms with Gasteiger partial charge >= 0.3 is 5.97 Å². The standard InChI is InChI=1S/C3H6N2O2/c1-2(4)3(6)7-5/h1,4-5H2. The molecular formula is C3H6N2O2. The average molecular weight is 102 g/mol. The first-order valence-corrected chi connectivity index (χ1v) is 1.54. The summed E-state index contributed by atoms with van der Waals surface area (Å²) in [6.45, 7) is 3.05. The van der Waals surface area contributed by atoms with E-state index in [0.717, 1.165) is 0 Å². The fraction of sp³-hybridized carbons (Fsp3) is 0. The Balaban J connectivity index is 3.58. The molecule has 0 aliphatic rings. The van der Waals surface area contributed by atoms with Crippen molar-refractivity contribution in [1.29, 1.82) is 0 Å². The van der Waals surface area contributed by atoms with E-state index in [1.165, 1.54) is 0 Å². The lowest BCUT2D eigenvalue weighted by Gasteiger charge is -1.90. The van der Waals surface area contributed by atoms with Gasteiger partial charge in [0.2, 0.25) is 0 Å². The first kappa shape index (κ1) is 5.97. The van der Waals surface area contributed by atoms with Crippen molar-refractivity contribution in [1.82, 2.24) is 0 Å². The van der Waals surface area contributed by atoms with E-state index < -0.39 is 5.97 Å². The zero-order chi connectivity index (χ0) is 5.86. The zero-order valence-electron chi connectivity index (χ0n) is 3.68. The molecule has 0 aromatic carbocycles. The summed E-state index contributed by atoms with van der Waals surface area (Å²) >= 11 is 0. The third-order valence-corrected chi connectivity index (χ3v) is 0.369. The highest BCUT2D eigenvalue weighted by Gasteiger charge is 1.97. The van der Waals surface area contributed by atoms with Crippen LogP contribution in [0.4, 0.5) is 0 Å². The first-order valence-electron chi connectivity index (χ1n) is 1.54. The van der Waals surface area contributed by atoms with Gasteiger partial charge in [0, 0.05) is 0 Å². The first-order chi connectivity index (χ1) is 3.18. The van der Waals surface area contributed by atoms with Crippen LogP contribution < -0.4 is 11.6 Å². The molecule has 7 heavy (non-hydrogen) atoms. The van der Waals surface area contributed by atoms with Gasteiger partial charge < -0.3 is 10.6 Å². The Labute approximate surface area is 40.7 Å². The number of carbonyl (C=O) groups excluding carboxylic acids is 1. The molecule has 4 N–H and O–H groups in total. The molecule has 40 valence electrons. The van der Waals surface area contributed by atoms with Crippen molar-refractivity contribution in [3.8, 4) is 0 Å². The van der Waals surface area contributed by atoms with Crippen LogP contribution in [-0.2, 0) is 9.63 Å². The lowest BCUT2D eigenvalue weighted by Crippen LogP contribution is -2.16. The fourth-order valence-electron chi connectivity index (χ4n) is 0.0757. The minimum Gasteiger partial charge on any atom is -0.393 e. The van der Waals surface area contributed by atoms with Crippen molar-refractivity contribution < 1.29 is 9.63 Å². The molecular weight excluding hydrogens is 96.0 g/mol. The van der Waals surface area contributed by atoms with Crippen LogP contribution in [0.3, 0.4) is 0 Å². The van der Waals surface area contributed by atoms with E-state index in [1.807, 2.05) is 0 Å². The van der Waals surface area contributed by atoms with E-state index in [2.05, 4.69) is 17.3 Å². The van der Waals surface area contributed by atoms with E-state index in [4.69, 9.17) is 5.73 Å². The lowest BCUT2D eigenvalue weighted by atomic mass is 10.5. The maximum Gasteiger partial charge on any atom is 0.372 e. The van der Waals surface area contributed by atoms with Gasteiger partial charge in [0.15, 0.2) is 0 Å². The molecule has 0 amide bonds. The maximum absolute atomic E-state index is 9.94. The van der Waals surface area contributed by atoms with Gasteiger partial charge in [-0.05, 0) is 0 Å². The topological polar surface area (TPSA) is 78.3 Å². The molecule has 0 rings (SSSR count). The van der Waals surface area contributed by atoms with Gasteiger partial charge in [-0.25, -0.2) is 4.79 Å². The second-order valence-electron chi connectivity index (χ2n) is 0.931. The predicted molar refractivity (Wildman–Crippen MR) is 23.6 cm³/mol. The molecule has 0 fully saturated rings. The minimum atomic E-state index is -0.792. The minimum absolute atomic E-state index is 0.192. The SMILES string of the molecule is C=C(N)C(=O)ON. The van der Waals surface area contributed by atoms with Crippen LogP contribution in [0.5, 0.6) is 0 Å². The summed E-state index contributed by atoms with van der Waals surface area (Å²) < 4.78 is 0. The maximum atomic E-state index is 9.94. The Morgan fingerprint density at radius 3 is 2.14 bits per heavy atom. The van der Waals surface area contributed by atoms with Crippen LogP contribution in [0.2, 0.25) is 0 Å². The number of carbonyl (C=O) groups is 1. The fourth-order valence-corrected chi connectivity index (χ4v) is 0.0757. The van der Waals surface area contributed by atoms with Gasteiger partial charge in [0.1, 0.15) is 5.70 Å². The van der Waals surface area contributed by atoms with Crippen LogP contribution in [0, 0.1) is 0 Å². The predicted octanol–water partition coefficient (Wildman–Crippen LogP) is -1.12. The Bertz CT molecular complexity index is 99.1. The highest BCUT2D eigenvalue weighted by atomic mass is 16.7. The summed E-state index contributed by atoms with van der Waals surface area (Å²) in [5.74, 6) is 3.59. The second-order valence-corrected chi connectivity index (χ2v) is 0.931. The Hall–Kier alpha value is -1.03. The van der Waals surface area contributed by atoms with Gasteiger partial charge in [-0.1, -0.05) is 6.58 Å². The van der Waals surface area contributed by atoms with Crippen LogP contribution in [-0.4, -0.2) is 5.97 Å². The van der Waals surface area contributed by atoms with E-state index in [0.29, 0.717) is 0 Å². The van der Waals surface area contributed by atoms with Crippen molar-refractivity contribution in [2.45, 2.75) is 0 Å². The van der Waals surface area contributed by atoms with Crippen LogP contribution in [0.15, 0.2) is 12.3 Å². The van der Waals surface area contributed by atoms with Gasteiger partial charge in [-0.15, -0.1) is 0 Å². The molecule has 0 saturated carbocycles. The monoisotopic (exact) mass is 102 g/mol. The second kappa shape index (κ2) is 2.20. The summed E-state index contributed by atoms with van der Waals surface area (Å²) in [5.41, 5.74) is 4.61. The van der Waals surface area contributed by atoms with Crippen molar-refractivity contribution in [3.05, 3.63) is 12.3 Å². The highest BCUT2D eigenvalue weighted by Crippen LogP contribution is 1.75. The number of hydrogen-bond acceptors (Lipinski definition) is 4. The third-order valence-electron chi connectivity index (χ3n) is 0.369. The Morgan fingerprint density at radius 1 is 1.71 bits per heavy atom. The van der Waals surface area contributed by atoms with Gasteiger partial charge in [-0.2, -0.15) is 5.90 Å². The van der Waals surface area contributed by atoms with Crippen LogP contribution in [0.1, 0.15) is 0 Å². The lowest BCUT2D eigenvalue weighted by molar-refractivity contribution is -0.139. The van der Waals surface area contributed by atoms with Gasteiger partial charge in [0.25, 0.3) is 0 Å². The molecule has 0 aromatic rings. The van der Waals surface area contributed by atoms with Crippen molar-refractivity contribution in [2.75, 3.05) is 0 Å². The molecule has 0 bridgehead atoms. The highest BCUT2D eigenvalue weighted by molar-refractivity contribution is 5.86. The van der Waals surface area contributed by atoms with Crippen molar-refractivity contribution >= 4 is 5.97 Å². The van der Waals surface area contributed by atoms with Gasteiger partial charge in [-0.3, -0.25) is 0 Å². The molecule has 0 aliphatic carbocycles. The molecule has 4 heteroatoms. The summed E-state index contributed by atoms with van der Waals surface area (Å²) in [6, 6.07) is 0. The molecule has 0 radical (unpaired) electrons. The number of hydrogen-bond donors (Lipinski definition) is 2. The molecule has 0 spiro atoms. The summed E-state index contributed by atoms with van der Waals surface area (Å²) in [5, 5.41) is 0. The molecule has 0 unspecified atom stereocenters. The number of nitrogens with two attached hydrogens (primary N) is 2. The molecule has 4 nitrogen and oxygen atoms in total. The molecule has 0 saturated heterocycles. The Morgan fingerprint density at radius 2 is 2.14 bits per heavy atom. The zero-order valence-corrected chi connectivity index (χ0v) is 3.68. The third kappa shape index (κ3) is 1.77. The van der Waals surface area contributed by atoms with Crippen molar-refractivity contribution in [3.63, 3.8) is 0 Å². The quantitative estimate of drug-likeness (QED) is 0.324. The molecule has 0 aromatic heterocycles. The Kier molecular flexibility index (Phi) is 1.87. The van der Waals surface area contributed by atoms with Crippen LogP contribution in [0.25, 0.3) is 0 Å². The van der Waals surface area contributed by atoms with Crippen molar-refractivity contribution in [2.24, 2.45) is 11.6 Å². The van der Waals surface area contributed by atoms with Gasteiger partial charge in [0.05, 0.1) is 0 Å². The van der Waals surface area contributed by atoms with Crippen LogP contribution >= 0.6 is 0 Å². The van der Waals surface area contributed by atoms with E-state index in [-0.39, 0.29) is 5.70 Å². The van der Waals surface area contributed by atoms with E-state index in [1.54, 1.807) is 0 Å². The normalized spacial score (nSPS) is 7.57. The molecule has 0 aliphatic heterocycles. The number of rotatable bonds is 1. The smallest absolute Gasteiger partial charge is 0.372 e. The summed E-state index contributed by atoms with van der Waals surface area (Å²) in [4.78, 5) is 13.6. The molecule has 0 atom stereocenters. The molecule has 0 heterocycles. The largest absolute Gasteiger partial charge is 0.393 e. The van der Waals surface area contributed by atoms with E-state index >= 15 is 0 Å². The average Bonchev–Trinajstić information content (AvgIpc) is 1.65. The van der Waals surface area contributed by atoms with E-state index in [9.17, 15) is 4.79 Å². The summed E-state index contributed by atoms with van der Waals surface area (Å²) in [6.07, 6.45) is 0. The summed E-state index contributed by atoms with van der Waals surface area (Å²) in [7, 11) is 0.